The van der Waals surface area contributed by atoms with Crippen LogP contribution >= 0.6 is 0 Å². The summed E-state index contributed by atoms with van der Waals surface area (Å²) in [5, 5.41) is 4.04. The van der Waals surface area contributed by atoms with Crippen molar-refractivity contribution in [2.45, 2.75) is 26.7 Å². The maximum atomic E-state index is 12.6. The molecular weight excluding hydrogens is 362 g/mol. The Morgan fingerprint density at radius 1 is 1.14 bits per heavy atom. The molecule has 1 aromatic heterocycles. The van der Waals surface area contributed by atoms with Crippen molar-refractivity contribution in [1.29, 1.82) is 0 Å². The zero-order valence-corrected chi connectivity index (χ0v) is 17.2. The fourth-order valence-corrected chi connectivity index (χ4v) is 3.82. The first-order chi connectivity index (χ1) is 14.0. The number of nitrogens with one attached hydrogen (secondary N) is 1. The molecule has 1 amide bonds. The highest BCUT2D eigenvalue weighted by molar-refractivity contribution is 6.05. The number of amides is 1. The highest BCUT2D eigenvalue weighted by Crippen LogP contribution is 2.28. The Hall–Kier alpha value is -3.08. The summed E-state index contributed by atoms with van der Waals surface area (Å²) >= 11 is 0. The molecule has 1 N–H and O–H groups in total. The first-order valence-corrected chi connectivity index (χ1v) is 10.2. The minimum absolute atomic E-state index is 0.159. The van der Waals surface area contributed by atoms with Crippen molar-refractivity contribution >= 4 is 28.3 Å². The van der Waals surface area contributed by atoms with E-state index in [1.165, 1.54) is 18.4 Å². The van der Waals surface area contributed by atoms with Crippen molar-refractivity contribution in [1.82, 2.24) is 4.98 Å². The van der Waals surface area contributed by atoms with Crippen LogP contribution in [0.3, 0.4) is 0 Å². The van der Waals surface area contributed by atoms with Crippen LogP contribution in [-0.2, 0) is 0 Å². The van der Waals surface area contributed by atoms with Crippen molar-refractivity contribution in [3.63, 3.8) is 0 Å². The van der Waals surface area contributed by atoms with E-state index >= 15 is 0 Å². The quantitative estimate of drug-likeness (QED) is 0.679. The fourth-order valence-electron chi connectivity index (χ4n) is 3.82. The number of nitrogens with zero attached hydrogens (tertiary/aromatic N) is 2. The van der Waals surface area contributed by atoms with E-state index in [0.29, 0.717) is 11.3 Å². The molecule has 0 spiro atoms. The van der Waals surface area contributed by atoms with Gasteiger partial charge in [-0.2, -0.15) is 0 Å². The first kappa shape index (κ1) is 19.2. The number of methoxy groups -OCH3 is 1. The van der Waals surface area contributed by atoms with Gasteiger partial charge in [0.1, 0.15) is 11.6 Å². The number of aromatic nitrogens is 1. The highest BCUT2D eigenvalue weighted by atomic mass is 16.5. The molecule has 4 rings (SSSR count). The predicted molar refractivity (Wildman–Crippen MR) is 118 cm³/mol. The van der Waals surface area contributed by atoms with Crippen molar-refractivity contribution in [3.8, 4) is 5.75 Å². The van der Waals surface area contributed by atoms with Gasteiger partial charge in [0.05, 0.1) is 12.6 Å². The average molecular weight is 389 g/mol. The van der Waals surface area contributed by atoms with Gasteiger partial charge >= 0.3 is 0 Å². The second kappa shape index (κ2) is 8.11. The molecule has 3 aromatic rings. The van der Waals surface area contributed by atoms with Gasteiger partial charge in [-0.05, 0) is 73.7 Å². The van der Waals surface area contributed by atoms with Gasteiger partial charge in [0.15, 0.2) is 0 Å². The fraction of sp³-hybridized carbons (Fsp3) is 0.333. The Morgan fingerprint density at radius 3 is 2.69 bits per heavy atom. The molecule has 0 unspecified atom stereocenters. The van der Waals surface area contributed by atoms with E-state index in [-0.39, 0.29) is 5.91 Å². The predicted octanol–water partition coefficient (Wildman–Crippen LogP) is 5.04. The number of ether oxygens (including phenoxy) is 1. The Balaban J connectivity index is 1.57. The lowest BCUT2D eigenvalue weighted by atomic mass is 9.99. The zero-order valence-electron chi connectivity index (χ0n) is 17.2. The molecule has 29 heavy (non-hydrogen) atoms. The van der Waals surface area contributed by atoms with Gasteiger partial charge in [0.2, 0.25) is 0 Å². The molecule has 0 radical (unpaired) electrons. The van der Waals surface area contributed by atoms with Gasteiger partial charge in [0, 0.05) is 29.7 Å². The van der Waals surface area contributed by atoms with Crippen molar-refractivity contribution < 1.29 is 9.53 Å². The second-order valence-corrected chi connectivity index (χ2v) is 7.88. The van der Waals surface area contributed by atoms with E-state index in [4.69, 9.17) is 9.72 Å². The van der Waals surface area contributed by atoms with Crippen molar-refractivity contribution in [2.75, 3.05) is 30.4 Å². The Kier molecular flexibility index (Phi) is 5.38. The molecule has 1 saturated heterocycles. The molecule has 1 fully saturated rings. The lowest BCUT2D eigenvalue weighted by Gasteiger charge is -2.31. The number of carbonyl (C=O) groups is 1. The van der Waals surface area contributed by atoms with Crippen LogP contribution in [0.5, 0.6) is 5.75 Å². The number of hydrogen-bond donors (Lipinski definition) is 1. The normalized spacial score (nSPS) is 14.8. The monoisotopic (exact) mass is 389 g/mol. The van der Waals surface area contributed by atoms with Crippen LogP contribution in [0, 0.1) is 12.8 Å². The lowest BCUT2D eigenvalue weighted by Crippen LogP contribution is -2.33. The Bertz CT molecular complexity index is 1040. The maximum Gasteiger partial charge on any atom is 0.255 e. The average Bonchev–Trinajstić information content (AvgIpc) is 2.74. The molecule has 0 bridgehead atoms. The van der Waals surface area contributed by atoms with Gasteiger partial charge in [-0.15, -0.1) is 0 Å². The van der Waals surface area contributed by atoms with Crippen LogP contribution in [0.4, 0.5) is 11.5 Å². The zero-order chi connectivity index (χ0) is 20.4. The summed E-state index contributed by atoms with van der Waals surface area (Å²) in [4.78, 5) is 19.9. The number of hydrogen-bond acceptors (Lipinski definition) is 4. The van der Waals surface area contributed by atoms with E-state index in [9.17, 15) is 4.79 Å². The molecular formula is C24H27N3O2. The Labute approximate surface area is 171 Å². The van der Waals surface area contributed by atoms with Gasteiger partial charge in [-0.25, -0.2) is 4.98 Å². The third kappa shape index (κ3) is 4.19. The second-order valence-electron chi connectivity index (χ2n) is 7.88. The third-order valence-corrected chi connectivity index (χ3v) is 5.70. The van der Waals surface area contributed by atoms with Crippen molar-refractivity contribution in [2.24, 2.45) is 5.92 Å². The largest absolute Gasteiger partial charge is 0.497 e. The van der Waals surface area contributed by atoms with Crippen LogP contribution in [0.25, 0.3) is 10.9 Å². The van der Waals surface area contributed by atoms with Crippen LogP contribution in [0.1, 0.15) is 35.7 Å². The van der Waals surface area contributed by atoms with Gasteiger partial charge in [-0.3, -0.25) is 4.79 Å². The van der Waals surface area contributed by atoms with E-state index < -0.39 is 0 Å². The molecule has 1 aliphatic rings. The molecule has 0 saturated carbocycles. The SMILES string of the molecule is COc1cccc(C(=O)Nc2ccc3nc(N4CCC(C)CC4)cc(C)c3c2)c1. The molecule has 2 aromatic carbocycles. The van der Waals surface area contributed by atoms with E-state index in [0.717, 1.165) is 41.4 Å². The molecule has 0 aliphatic carbocycles. The lowest BCUT2D eigenvalue weighted by molar-refractivity contribution is 0.102. The number of anilines is 2. The molecule has 5 heteroatoms. The number of piperidine rings is 1. The number of benzene rings is 2. The number of carbonyl (C=O) groups excluding carboxylic acids is 1. The van der Waals surface area contributed by atoms with Gasteiger partial charge in [-0.1, -0.05) is 13.0 Å². The van der Waals surface area contributed by atoms with E-state index in [1.807, 2.05) is 30.3 Å². The van der Waals surface area contributed by atoms with Gasteiger partial charge < -0.3 is 15.0 Å². The van der Waals surface area contributed by atoms with Crippen LogP contribution < -0.4 is 15.0 Å². The third-order valence-electron chi connectivity index (χ3n) is 5.70. The number of aryl methyl sites for hydroxylation is 1. The van der Waals surface area contributed by atoms with Crippen LogP contribution in [0.2, 0.25) is 0 Å². The minimum atomic E-state index is -0.159. The van der Waals surface area contributed by atoms with E-state index in [2.05, 4.69) is 30.1 Å². The summed E-state index contributed by atoms with van der Waals surface area (Å²) < 4.78 is 5.20. The Morgan fingerprint density at radius 2 is 1.93 bits per heavy atom. The molecule has 150 valence electrons. The summed E-state index contributed by atoms with van der Waals surface area (Å²) in [6.45, 7) is 6.55. The first-order valence-electron chi connectivity index (χ1n) is 10.2. The standard InChI is InChI=1S/C24H27N3O2/c1-16-9-11-27(12-10-16)23-13-17(2)21-15-19(7-8-22(21)26-23)25-24(28)18-5-4-6-20(14-18)29-3/h4-8,13-16H,9-12H2,1-3H3,(H,25,28). The van der Waals surface area contributed by atoms with Gasteiger partial charge in [0.25, 0.3) is 5.91 Å². The number of pyridine rings is 1. The summed E-state index contributed by atoms with van der Waals surface area (Å²) in [6.07, 6.45) is 2.43. The summed E-state index contributed by atoms with van der Waals surface area (Å²) in [5.74, 6) is 2.35. The summed E-state index contributed by atoms with van der Waals surface area (Å²) in [6, 6.07) is 15.2. The smallest absolute Gasteiger partial charge is 0.255 e. The topological polar surface area (TPSA) is 54.5 Å². The molecule has 0 atom stereocenters. The van der Waals surface area contributed by atoms with Crippen LogP contribution in [0.15, 0.2) is 48.5 Å². The number of rotatable bonds is 4. The number of fused-ring (bicyclic) bond motifs is 1. The van der Waals surface area contributed by atoms with Crippen LogP contribution in [-0.4, -0.2) is 31.1 Å². The van der Waals surface area contributed by atoms with Crippen molar-refractivity contribution in [3.05, 3.63) is 59.7 Å². The maximum absolute atomic E-state index is 12.6. The summed E-state index contributed by atoms with van der Waals surface area (Å²) in [7, 11) is 1.59. The minimum Gasteiger partial charge on any atom is -0.497 e. The summed E-state index contributed by atoms with van der Waals surface area (Å²) in [5.41, 5.74) is 3.45. The molecule has 5 nitrogen and oxygen atoms in total. The molecule has 2 heterocycles. The highest BCUT2D eigenvalue weighted by Gasteiger charge is 2.18. The van der Waals surface area contributed by atoms with E-state index in [1.54, 1.807) is 19.2 Å². The molecule has 1 aliphatic heterocycles.